The Morgan fingerprint density at radius 1 is 1.18 bits per heavy atom. The number of ether oxygens (including phenoxy) is 1. The first-order valence-electron chi connectivity index (χ1n) is 7.72. The largest absolute Gasteiger partial charge is 0.444 e. The topological polar surface area (TPSA) is 71.2 Å². The molecule has 0 aromatic rings. The van der Waals surface area contributed by atoms with Crippen molar-refractivity contribution in [1.29, 1.82) is 0 Å². The number of aliphatic imine (C=N–C) groups is 1. The number of rotatable bonds is 3. The number of carbonyl (C=O) groups excluding carboxylic acids is 1. The number of nitrogens with two attached hydrogens (primary N) is 1. The van der Waals surface area contributed by atoms with Crippen molar-refractivity contribution in [3.63, 3.8) is 0 Å². The van der Waals surface area contributed by atoms with Crippen LogP contribution < -0.4 is 5.73 Å². The van der Waals surface area contributed by atoms with Crippen LogP contribution in [0.15, 0.2) is 4.99 Å². The van der Waals surface area contributed by atoms with Crippen LogP contribution in [0.25, 0.3) is 0 Å². The van der Waals surface area contributed by atoms with E-state index < -0.39 is 5.60 Å². The molecule has 1 rings (SSSR count). The molecule has 1 heterocycles. The summed E-state index contributed by atoms with van der Waals surface area (Å²) >= 11 is 0. The van der Waals surface area contributed by atoms with Crippen LogP contribution in [0.4, 0.5) is 4.79 Å². The Morgan fingerprint density at radius 2 is 1.68 bits per heavy atom. The highest BCUT2D eigenvalue weighted by Gasteiger charge is 2.26. The smallest absolute Gasteiger partial charge is 0.410 e. The van der Waals surface area contributed by atoms with Gasteiger partial charge in [0.1, 0.15) is 5.60 Å². The van der Waals surface area contributed by atoms with Crippen molar-refractivity contribution in [3.05, 3.63) is 0 Å². The third kappa shape index (κ3) is 8.05. The van der Waals surface area contributed by atoms with Gasteiger partial charge in [-0.1, -0.05) is 13.8 Å². The molecule has 2 N–H and O–H groups in total. The lowest BCUT2D eigenvalue weighted by molar-refractivity contribution is 0.0186. The summed E-state index contributed by atoms with van der Waals surface area (Å²) in [5.74, 6) is 1.21. The van der Waals surface area contributed by atoms with Gasteiger partial charge in [0.05, 0.1) is 0 Å². The van der Waals surface area contributed by atoms with Crippen molar-refractivity contribution >= 4 is 36.0 Å². The second-order valence-electron chi connectivity index (χ2n) is 6.88. The average molecular weight is 426 g/mol. The quantitative estimate of drug-likeness (QED) is 0.428. The van der Waals surface area contributed by atoms with Crippen LogP contribution in [-0.4, -0.2) is 60.2 Å². The van der Waals surface area contributed by atoms with Gasteiger partial charge in [-0.25, -0.2) is 4.79 Å². The van der Waals surface area contributed by atoms with E-state index in [4.69, 9.17) is 10.5 Å². The highest BCUT2D eigenvalue weighted by atomic mass is 127. The van der Waals surface area contributed by atoms with E-state index in [9.17, 15) is 4.79 Å². The average Bonchev–Trinajstić information content (AvgIpc) is 2.36. The minimum Gasteiger partial charge on any atom is -0.444 e. The molecule has 0 unspecified atom stereocenters. The molecule has 0 bridgehead atoms. The van der Waals surface area contributed by atoms with Crippen LogP contribution in [0.3, 0.4) is 0 Å². The van der Waals surface area contributed by atoms with Crippen LogP contribution in [0, 0.1) is 5.92 Å². The Bertz CT molecular complexity index is 372. The summed E-state index contributed by atoms with van der Waals surface area (Å²) in [6.45, 7) is 13.4. The summed E-state index contributed by atoms with van der Waals surface area (Å²) in [7, 11) is 0. The number of hydrogen-bond donors (Lipinski definition) is 1. The maximum absolute atomic E-state index is 12.0. The van der Waals surface area contributed by atoms with Crippen LogP contribution in [0.1, 0.15) is 41.0 Å². The second kappa shape index (κ2) is 9.42. The molecule has 0 atom stereocenters. The molecule has 7 heteroatoms. The number of carbonyl (C=O) groups is 1. The fourth-order valence-electron chi connectivity index (χ4n) is 1.98. The maximum Gasteiger partial charge on any atom is 0.410 e. The Hall–Kier alpha value is -0.730. The highest BCUT2D eigenvalue weighted by Crippen LogP contribution is 2.11. The molecule has 1 amide bonds. The van der Waals surface area contributed by atoms with Gasteiger partial charge in [0.15, 0.2) is 5.96 Å². The molecular weight excluding hydrogens is 395 g/mol. The first kappa shape index (κ1) is 21.3. The molecule has 6 nitrogen and oxygen atoms in total. The van der Waals surface area contributed by atoms with Crippen molar-refractivity contribution in [2.24, 2.45) is 16.6 Å². The predicted octanol–water partition coefficient (Wildman–Crippen LogP) is 2.52. The number of hydrogen-bond acceptors (Lipinski definition) is 3. The van der Waals surface area contributed by atoms with Gasteiger partial charge < -0.3 is 20.3 Å². The zero-order valence-corrected chi connectivity index (χ0v) is 16.8. The monoisotopic (exact) mass is 426 g/mol. The zero-order valence-electron chi connectivity index (χ0n) is 14.5. The lowest BCUT2D eigenvalue weighted by Crippen LogP contribution is -2.53. The molecule has 130 valence electrons. The Balaban J connectivity index is 0.00000441. The van der Waals surface area contributed by atoms with E-state index in [2.05, 4.69) is 18.8 Å². The standard InChI is InChI=1S/C15H30N4O2.HI/c1-12(2)6-7-17-13(16)18-8-10-19(11-9-18)14(20)21-15(3,4)5;/h12H,6-11H2,1-5H3,(H2,16,17);1H. The molecule has 0 saturated carbocycles. The predicted molar refractivity (Wildman–Crippen MR) is 101 cm³/mol. The summed E-state index contributed by atoms with van der Waals surface area (Å²) in [4.78, 5) is 20.1. The van der Waals surface area contributed by atoms with E-state index >= 15 is 0 Å². The van der Waals surface area contributed by atoms with E-state index in [0.29, 0.717) is 38.1 Å². The van der Waals surface area contributed by atoms with E-state index in [1.165, 1.54) is 0 Å². The molecule has 0 spiro atoms. The van der Waals surface area contributed by atoms with Gasteiger partial charge >= 0.3 is 6.09 Å². The van der Waals surface area contributed by atoms with Gasteiger partial charge in [0, 0.05) is 32.7 Å². The molecule has 1 saturated heterocycles. The normalized spacial score (nSPS) is 16.5. The molecule has 1 aliphatic heterocycles. The Morgan fingerprint density at radius 3 is 2.14 bits per heavy atom. The number of piperazine rings is 1. The first-order chi connectivity index (χ1) is 9.69. The van der Waals surface area contributed by atoms with Crippen LogP contribution >= 0.6 is 24.0 Å². The van der Waals surface area contributed by atoms with Crippen molar-refractivity contribution < 1.29 is 9.53 Å². The molecule has 22 heavy (non-hydrogen) atoms. The van der Waals surface area contributed by atoms with E-state index in [1.54, 1.807) is 4.90 Å². The SMILES string of the molecule is CC(C)CCN=C(N)N1CCN(C(=O)OC(C)(C)C)CC1.I. The molecule has 0 radical (unpaired) electrons. The molecule has 1 aliphatic rings. The maximum atomic E-state index is 12.0. The molecule has 0 aliphatic carbocycles. The summed E-state index contributed by atoms with van der Waals surface area (Å²) in [5, 5.41) is 0. The summed E-state index contributed by atoms with van der Waals surface area (Å²) in [6.07, 6.45) is 0.788. The van der Waals surface area contributed by atoms with Crippen molar-refractivity contribution in [2.45, 2.75) is 46.6 Å². The molecule has 1 fully saturated rings. The fourth-order valence-corrected chi connectivity index (χ4v) is 1.98. The third-order valence-electron chi connectivity index (χ3n) is 3.24. The number of halogens is 1. The summed E-state index contributed by atoms with van der Waals surface area (Å²) < 4.78 is 5.37. The summed E-state index contributed by atoms with van der Waals surface area (Å²) in [5.41, 5.74) is 5.55. The van der Waals surface area contributed by atoms with Crippen molar-refractivity contribution in [2.75, 3.05) is 32.7 Å². The third-order valence-corrected chi connectivity index (χ3v) is 3.24. The van der Waals surface area contributed by atoms with E-state index in [-0.39, 0.29) is 30.1 Å². The lowest BCUT2D eigenvalue weighted by atomic mass is 10.1. The number of nitrogens with zero attached hydrogens (tertiary/aromatic N) is 3. The van der Waals surface area contributed by atoms with Gasteiger partial charge in [-0.3, -0.25) is 4.99 Å². The van der Waals surface area contributed by atoms with E-state index in [0.717, 1.165) is 13.0 Å². The molecular formula is C15H31IN4O2. The van der Waals surface area contributed by atoms with Crippen LogP contribution in [-0.2, 0) is 4.74 Å². The minimum atomic E-state index is -0.453. The number of amides is 1. The van der Waals surface area contributed by atoms with Crippen molar-refractivity contribution in [1.82, 2.24) is 9.80 Å². The number of guanidine groups is 1. The highest BCUT2D eigenvalue weighted by molar-refractivity contribution is 14.0. The zero-order chi connectivity index (χ0) is 16.0. The van der Waals surface area contributed by atoms with Gasteiger partial charge in [-0.2, -0.15) is 0 Å². The van der Waals surface area contributed by atoms with Gasteiger partial charge in [-0.05, 0) is 33.1 Å². The van der Waals surface area contributed by atoms with Gasteiger partial charge in [-0.15, -0.1) is 24.0 Å². The minimum absolute atomic E-state index is 0. The van der Waals surface area contributed by atoms with Gasteiger partial charge in [0.2, 0.25) is 0 Å². The Kier molecular flexibility index (Phi) is 9.11. The fraction of sp³-hybridized carbons (Fsp3) is 0.867. The van der Waals surface area contributed by atoms with E-state index in [1.807, 2.05) is 25.7 Å². The van der Waals surface area contributed by atoms with Gasteiger partial charge in [0.25, 0.3) is 0 Å². The van der Waals surface area contributed by atoms with Crippen LogP contribution in [0.2, 0.25) is 0 Å². The van der Waals surface area contributed by atoms with Crippen LogP contribution in [0.5, 0.6) is 0 Å². The lowest BCUT2D eigenvalue weighted by Gasteiger charge is -2.36. The first-order valence-corrected chi connectivity index (χ1v) is 7.72. The molecule has 0 aromatic heterocycles. The summed E-state index contributed by atoms with van der Waals surface area (Å²) in [6, 6.07) is 0. The van der Waals surface area contributed by atoms with Crippen molar-refractivity contribution in [3.8, 4) is 0 Å². The Labute approximate surface area is 151 Å². The molecule has 0 aromatic carbocycles. The second-order valence-corrected chi connectivity index (χ2v) is 6.88.